The number of nitrogens with one attached hydrogen (secondary N) is 2. The molecule has 2 saturated carbocycles. The molecule has 0 aromatic heterocycles. The summed E-state index contributed by atoms with van der Waals surface area (Å²) in [5.74, 6) is -0.0493. The van der Waals surface area contributed by atoms with Crippen LogP contribution in [0.1, 0.15) is 51.4 Å². The SMILES string of the molecule is NC(=O)C1CCC(NCC(=O)NC2CCCC2)CC1. The van der Waals surface area contributed by atoms with Gasteiger partial charge in [-0.2, -0.15) is 0 Å². The Morgan fingerprint density at radius 1 is 0.947 bits per heavy atom. The second kappa shape index (κ2) is 6.89. The fourth-order valence-corrected chi connectivity index (χ4v) is 3.17. The van der Waals surface area contributed by atoms with E-state index in [0.29, 0.717) is 18.6 Å². The second-order valence-electron chi connectivity index (χ2n) is 5.88. The predicted octanol–water partition coefficient (Wildman–Crippen LogP) is 0.679. The van der Waals surface area contributed by atoms with Gasteiger partial charge in [-0.1, -0.05) is 12.8 Å². The zero-order valence-corrected chi connectivity index (χ0v) is 11.5. The molecule has 19 heavy (non-hydrogen) atoms. The van der Waals surface area contributed by atoms with Gasteiger partial charge < -0.3 is 16.4 Å². The summed E-state index contributed by atoms with van der Waals surface area (Å²) in [5, 5.41) is 6.36. The van der Waals surface area contributed by atoms with Crippen molar-refractivity contribution in [3.05, 3.63) is 0 Å². The predicted molar refractivity (Wildman–Crippen MR) is 73.3 cm³/mol. The second-order valence-corrected chi connectivity index (χ2v) is 5.88. The van der Waals surface area contributed by atoms with Crippen LogP contribution in [0.15, 0.2) is 0 Å². The van der Waals surface area contributed by atoms with Crippen molar-refractivity contribution in [3.8, 4) is 0 Å². The maximum absolute atomic E-state index is 11.8. The molecule has 0 atom stereocenters. The third kappa shape index (κ3) is 4.49. The summed E-state index contributed by atoms with van der Waals surface area (Å²) in [5.41, 5.74) is 5.30. The maximum atomic E-state index is 11.8. The van der Waals surface area contributed by atoms with E-state index >= 15 is 0 Å². The molecular weight excluding hydrogens is 242 g/mol. The van der Waals surface area contributed by atoms with Gasteiger partial charge in [-0.25, -0.2) is 0 Å². The molecule has 0 spiro atoms. The highest BCUT2D eigenvalue weighted by Crippen LogP contribution is 2.23. The van der Waals surface area contributed by atoms with Gasteiger partial charge in [0.15, 0.2) is 0 Å². The number of hydrogen-bond donors (Lipinski definition) is 3. The lowest BCUT2D eigenvalue weighted by Crippen LogP contribution is -2.44. The molecule has 2 amide bonds. The van der Waals surface area contributed by atoms with Gasteiger partial charge in [-0.15, -0.1) is 0 Å². The minimum absolute atomic E-state index is 0.0327. The molecular formula is C14H25N3O2. The smallest absolute Gasteiger partial charge is 0.234 e. The molecule has 0 heterocycles. The van der Waals surface area contributed by atoms with Crippen molar-refractivity contribution in [2.45, 2.75) is 63.5 Å². The first kappa shape index (κ1) is 14.3. The number of amides is 2. The number of hydrogen-bond acceptors (Lipinski definition) is 3. The van der Waals surface area contributed by atoms with Crippen LogP contribution in [0.4, 0.5) is 0 Å². The number of rotatable bonds is 5. The molecule has 2 rings (SSSR count). The Morgan fingerprint density at radius 3 is 2.16 bits per heavy atom. The molecule has 2 aliphatic rings. The van der Waals surface area contributed by atoms with E-state index < -0.39 is 0 Å². The number of carbonyl (C=O) groups is 2. The van der Waals surface area contributed by atoms with Crippen molar-refractivity contribution < 1.29 is 9.59 Å². The fourth-order valence-electron chi connectivity index (χ4n) is 3.17. The first-order valence-corrected chi connectivity index (χ1v) is 7.47. The Hall–Kier alpha value is -1.10. The molecule has 0 aromatic carbocycles. The van der Waals surface area contributed by atoms with Gasteiger partial charge in [0.05, 0.1) is 6.54 Å². The zero-order chi connectivity index (χ0) is 13.7. The van der Waals surface area contributed by atoms with E-state index in [1.165, 1.54) is 12.8 Å². The summed E-state index contributed by atoms with van der Waals surface area (Å²) in [7, 11) is 0. The molecule has 0 radical (unpaired) electrons. The van der Waals surface area contributed by atoms with E-state index in [1.54, 1.807) is 0 Å². The third-order valence-electron chi connectivity index (χ3n) is 4.40. The summed E-state index contributed by atoms with van der Waals surface area (Å²) in [6.07, 6.45) is 8.26. The molecule has 0 saturated heterocycles. The molecule has 2 aliphatic carbocycles. The molecule has 4 N–H and O–H groups in total. The summed E-state index contributed by atoms with van der Waals surface area (Å²) in [6.45, 7) is 0.391. The molecule has 0 aromatic rings. The van der Waals surface area contributed by atoms with Crippen molar-refractivity contribution in [2.75, 3.05) is 6.54 Å². The fraction of sp³-hybridized carbons (Fsp3) is 0.857. The van der Waals surface area contributed by atoms with Crippen LogP contribution in [-0.2, 0) is 9.59 Å². The van der Waals surface area contributed by atoms with E-state index in [0.717, 1.165) is 38.5 Å². The van der Waals surface area contributed by atoms with Crippen LogP contribution in [0.3, 0.4) is 0 Å². The van der Waals surface area contributed by atoms with Gasteiger partial charge >= 0.3 is 0 Å². The van der Waals surface area contributed by atoms with Crippen molar-refractivity contribution >= 4 is 11.8 Å². The average molecular weight is 267 g/mol. The van der Waals surface area contributed by atoms with Gasteiger partial charge in [-0.05, 0) is 38.5 Å². The van der Waals surface area contributed by atoms with E-state index in [-0.39, 0.29) is 17.7 Å². The highest BCUT2D eigenvalue weighted by atomic mass is 16.2. The minimum Gasteiger partial charge on any atom is -0.369 e. The number of carbonyl (C=O) groups excluding carboxylic acids is 2. The summed E-state index contributed by atoms with van der Waals surface area (Å²) in [4.78, 5) is 22.8. The number of primary amides is 1. The van der Waals surface area contributed by atoms with E-state index in [4.69, 9.17) is 5.73 Å². The Morgan fingerprint density at radius 2 is 1.58 bits per heavy atom. The highest BCUT2D eigenvalue weighted by Gasteiger charge is 2.25. The molecule has 0 unspecified atom stereocenters. The molecule has 108 valence electrons. The van der Waals surface area contributed by atoms with Crippen molar-refractivity contribution in [1.29, 1.82) is 0 Å². The van der Waals surface area contributed by atoms with Gasteiger partial charge in [0.2, 0.25) is 11.8 Å². The maximum Gasteiger partial charge on any atom is 0.234 e. The van der Waals surface area contributed by atoms with Crippen molar-refractivity contribution in [2.24, 2.45) is 11.7 Å². The monoisotopic (exact) mass is 267 g/mol. The first-order chi connectivity index (χ1) is 9.15. The Bertz CT molecular complexity index is 319. The molecule has 5 nitrogen and oxygen atoms in total. The van der Waals surface area contributed by atoms with Gasteiger partial charge in [0.25, 0.3) is 0 Å². The van der Waals surface area contributed by atoms with Crippen molar-refractivity contribution in [3.63, 3.8) is 0 Å². The molecule has 0 bridgehead atoms. The Labute approximate surface area is 114 Å². The lowest BCUT2D eigenvalue weighted by Gasteiger charge is -2.27. The number of nitrogens with two attached hydrogens (primary N) is 1. The third-order valence-corrected chi connectivity index (χ3v) is 4.40. The summed E-state index contributed by atoms with van der Waals surface area (Å²) >= 11 is 0. The van der Waals surface area contributed by atoms with E-state index in [9.17, 15) is 9.59 Å². The van der Waals surface area contributed by atoms with Crippen LogP contribution < -0.4 is 16.4 Å². The first-order valence-electron chi connectivity index (χ1n) is 7.47. The van der Waals surface area contributed by atoms with Crippen LogP contribution in [0.5, 0.6) is 0 Å². The van der Waals surface area contributed by atoms with Gasteiger partial charge in [0, 0.05) is 18.0 Å². The standard InChI is InChI=1S/C14H25N3O2/c15-14(19)10-5-7-11(8-6-10)16-9-13(18)17-12-3-1-2-4-12/h10-12,16H,1-9H2,(H2,15,19)(H,17,18). The largest absolute Gasteiger partial charge is 0.369 e. The normalized spacial score (nSPS) is 28.2. The van der Waals surface area contributed by atoms with E-state index in [2.05, 4.69) is 10.6 Å². The summed E-state index contributed by atoms with van der Waals surface area (Å²) in [6, 6.07) is 0.741. The van der Waals surface area contributed by atoms with Crippen molar-refractivity contribution in [1.82, 2.24) is 10.6 Å². The molecule has 2 fully saturated rings. The average Bonchev–Trinajstić information content (AvgIpc) is 2.89. The van der Waals surface area contributed by atoms with Gasteiger partial charge in [0.1, 0.15) is 0 Å². The van der Waals surface area contributed by atoms with Gasteiger partial charge in [-0.3, -0.25) is 9.59 Å². The Balaban J connectivity index is 1.60. The minimum atomic E-state index is -0.183. The lowest BCUT2D eigenvalue weighted by molar-refractivity contribution is -0.123. The van der Waals surface area contributed by atoms with Crippen LogP contribution in [0, 0.1) is 5.92 Å². The van der Waals surface area contributed by atoms with Crippen LogP contribution >= 0.6 is 0 Å². The molecule has 5 heteroatoms. The van der Waals surface area contributed by atoms with E-state index in [1.807, 2.05) is 0 Å². The van der Waals surface area contributed by atoms with Crippen LogP contribution in [0.2, 0.25) is 0 Å². The van der Waals surface area contributed by atoms with Crippen LogP contribution in [0.25, 0.3) is 0 Å². The summed E-state index contributed by atoms with van der Waals surface area (Å²) < 4.78 is 0. The zero-order valence-electron chi connectivity index (χ0n) is 11.5. The lowest BCUT2D eigenvalue weighted by atomic mass is 9.85. The molecule has 0 aliphatic heterocycles. The Kier molecular flexibility index (Phi) is 5.19. The highest BCUT2D eigenvalue weighted by molar-refractivity contribution is 5.78. The quantitative estimate of drug-likeness (QED) is 0.685. The topological polar surface area (TPSA) is 84.2 Å². The van der Waals surface area contributed by atoms with Crippen LogP contribution in [-0.4, -0.2) is 30.4 Å².